The lowest BCUT2D eigenvalue weighted by atomic mass is 10.2. The maximum absolute atomic E-state index is 13.1. The zero-order valence-corrected chi connectivity index (χ0v) is 12.5. The van der Waals surface area contributed by atoms with Crippen LogP contribution in [0.5, 0.6) is 0 Å². The van der Waals surface area contributed by atoms with Gasteiger partial charge in [0.1, 0.15) is 13.7 Å². The molecule has 0 saturated carbocycles. The van der Waals surface area contributed by atoms with Crippen LogP contribution in [0, 0.1) is 0 Å². The van der Waals surface area contributed by atoms with Crippen LogP contribution in [-0.2, 0) is 20.7 Å². The molecule has 20 heavy (non-hydrogen) atoms. The van der Waals surface area contributed by atoms with Crippen molar-refractivity contribution in [3.05, 3.63) is 60.2 Å². The summed E-state index contributed by atoms with van der Waals surface area (Å²) >= 11 is 0. The largest absolute Gasteiger partial charge is 0.461 e. The van der Waals surface area contributed by atoms with Crippen LogP contribution in [0.1, 0.15) is 12.5 Å². The molecule has 3 nitrogen and oxygen atoms in total. The molecule has 0 aliphatic rings. The minimum atomic E-state index is -2.69. The number of benzene rings is 2. The molecule has 0 aliphatic carbocycles. The molecular formula is C16H17O3P. The summed E-state index contributed by atoms with van der Waals surface area (Å²) in [4.78, 5) is 11.0. The quantitative estimate of drug-likeness (QED) is 0.642. The Hall–Kier alpha value is -1.86. The third-order valence-electron chi connectivity index (χ3n) is 3.13. The predicted octanol–water partition coefficient (Wildman–Crippen LogP) is 2.69. The van der Waals surface area contributed by atoms with E-state index in [1.165, 1.54) is 6.92 Å². The molecule has 0 spiro atoms. The average molecular weight is 288 g/mol. The van der Waals surface area contributed by atoms with Crippen LogP contribution in [0.3, 0.4) is 0 Å². The molecule has 0 amide bonds. The first kappa shape index (κ1) is 14.5. The first-order valence-corrected chi connectivity index (χ1v) is 8.52. The van der Waals surface area contributed by atoms with E-state index >= 15 is 0 Å². The Morgan fingerprint density at radius 2 is 1.65 bits per heavy atom. The van der Waals surface area contributed by atoms with Crippen LogP contribution in [0.15, 0.2) is 54.6 Å². The van der Waals surface area contributed by atoms with Gasteiger partial charge in [-0.05, 0) is 6.66 Å². The van der Waals surface area contributed by atoms with Gasteiger partial charge in [0.15, 0.2) is 0 Å². The van der Waals surface area contributed by atoms with Crippen molar-refractivity contribution in [1.82, 2.24) is 0 Å². The number of hydrogen-bond donors (Lipinski definition) is 0. The molecule has 4 heteroatoms. The molecule has 2 aromatic rings. The normalized spacial score (nSPS) is 13.5. The second-order valence-electron chi connectivity index (χ2n) is 4.67. The monoisotopic (exact) mass is 288 g/mol. The SMILES string of the molecule is CC(=O)OCc1ccccc1P(C)(=O)c1ccccc1. The Morgan fingerprint density at radius 3 is 2.30 bits per heavy atom. The standard InChI is InChI=1S/C16H17O3P/c1-13(17)19-12-14-8-6-7-11-16(14)20(2,18)15-9-4-3-5-10-15/h3-11H,12H2,1-2H3. The third kappa shape index (κ3) is 3.17. The summed E-state index contributed by atoms with van der Waals surface area (Å²) in [6.07, 6.45) is 0. The fraction of sp³-hybridized carbons (Fsp3) is 0.188. The molecule has 0 N–H and O–H groups in total. The van der Waals surface area contributed by atoms with Crippen molar-refractivity contribution in [2.24, 2.45) is 0 Å². The van der Waals surface area contributed by atoms with Crippen LogP contribution in [0.4, 0.5) is 0 Å². The summed E-state index contributed by atoms with van der Waals surface area (Å²) in [6, 6.07) is 16.8. The summed E-state index contributed by atoms with van der Waals surface area (Å²) in [7, 11) is -2.69. The van der Waals surface area contributed by atoms with Gasteiger partial charge in [-0.25, -0.2) is 0 Å². The zero-order chi connectivity index (χ0) is 14.6. The smallest absolute Gasteiger partial charge is 0.302 e. The molecule has 1 unspecified atom stereocenters. The van der Waals surface area contributed by atoms with Gasteiger partial charge in [0.25, 0.3) is 0 Å². The molecule has 0 saturated heterocycles. The highest BCUT2D eigenvalue weighted by Gasteiger charge is 2.23. The molecule has 0 heterocycles. The predicted molar refractivity (Wildman–Crippen MR) is 81.2 cm³/mol. The summed E-state index contributed by atoms with van der Waals surface area (Å²) < 4.78 is 18.2. The van der Waals surface area contributed by atoms with Crippen molar-refractivity contribution in [3.8, 4) is 0 Å². The van der Waals surface area contributed by atoms with Gasteiger partial charge in [-0.1, -0.05) is 54.6 Å². The van der Waals surface area contributed by atoms with E-state index in [9.17, 15) is 9.36 Å². The Labute approximate surface area is 119 Å². The lowest BCUT2D eigenvalue weighted by Crippen LogP contribution is -2.19. The van der Waals surface area contributed by atoms with Gasteiger partial charge in [0, 0.05) is 23.1 Å². The average Bonchev–Trinajstić information content (AvgIpc) is 2.46. The molecule has 0 aromatic heterocycles. The Kier molecular flexibility index (Phi) is 4.41. The van der Waals surface area contributed by atoms with Crippen molar-refractivity contribution in [2.75, 3.05) is 6.66 Å². The van der Waals surface area contributed by atoms with E-state index < -0.39 is 7.14 Å². The van der Waals surface area contributed by atoms with Crippen LogP contribution >= 0.6 is 7.14 Å². The van der Waals surface area contributed by atoms with E-state index in [4.69, 9.17) is 4.74 Å². The van der Waals surface area contributed by atoms with E-state index in [2.05, 4.69) is 0 Å². The van der Waals surface area contributed by atoms with Crippen molar-refractivity contribution < 1.29 is 14.1 Å². The molecule has 2 aromatic carbocycles. The Bertz CT molecular complexity index is 650. The zero-order valence-electron chi connectivity index (χ0n) is 11.6. The molecule has 1 atom stereocenters. The first-order valence-electron chi connectivity index (χ1n) is 6.37. The minimum Gasteiger partial charge on any atom is -0.461 e. The maximum Gasteiger partial charge on any atom is 0.302 e. The number of esters is 1. The Balaban J connectivity index is 2.42. The van der Waals surface area contributed by atoms with E-state index in [-0.39, 0.29) is 12.6 Å². The topological polar surface area (TPSA) is 43.4 Å². The highest BCUT2D eigenvalue weighted by Crippen LogP contribution is 2.39. The van der Waals surface area contributed by atoms with E-state index in [0.717, 1.165) is 16.2 Å². The number of ether oxygens (including phenoxy) is 1. The van der Waals surface area contributed by atoms with E-state index in [1.54, 1.807) is 6.66 Å². The number of carbonyl (C=O) groups excluding carboxylic acids is 1. The lowest BCUT2D eigenvalue weighted by Gasteiger charge is -2.17. The van der Waals surface area contributed by atoms with Gasteiger partial charge in [-0.15, -0.1) is 0 Å². The first-order chi connectivity index (χ1) is 9.51. The second kappa shape index (κ2) is 6.06. The van der Waals surface area contributed by atoms with Gasteiger partial charge < -0.3 is 9.30 Å². The second-order valence-corrected chi connectivity index (χ2v) is 7.52. The molecule has 104 valence electrons. The number of hydrogen-bond acceptors (Lipinski definition) is 3. The fourth-order valence-electron chi connectivity index (χ4n) is 2.08. The van der Waals surface area contributed by atoms with Gasteiger partial charge in [0.05, 0.1) is 0 Å². The molecule has 0 aliphatic heterocycles. The minimum absolute atomic E-state index is 0.149. The van der Waals surface area contributed by atoms with Crippen LogP contribution in [0.2, 0.25) is 0 Å². The lowest BCUT2D eigenvalue weighted by molar-refractivity contribution is -0.142. The van der Waals surface area contributed by atoms with E-state index in [1.807, 2.05) is 54.6 Å². The van der Waals surface area contributed by atoms with Crippen molar-refractivity contribution >= 4 is 23.7 Å². The number of rotatable bonds is 4. The van der Waals surface area contributed by atoms with Crippen molar-refractivity contribution in [1.29, 1.82) is 0 Å². The summed E-state index contributed by atoms with van der Waals surface area (Å²) in [5.41, 5.74) is 0.789. The number of carbonyl (C=O) groups is 1. The summed E-state index contributed by atoms with van der Waals surface area (Å²) in [5, 5.41) is 1.54. The van der Waals surface area contributed by atoms with Crippen LogP contribution in [-0.4, -0.2) is 12.6 Å². The highest BCUT2D eigenvalue weighted by molar-refractivity contribution is 7.78. The van der Waals surface area contributed by atoms with E-state index in [0.29, 0.717) is 0 Å². The summed E-state index contributed by atoms with van der Waals surface area (Å²) in [5.74, 6) is -0.342. The summed E-state index contributed by atoms with van der Waals surface area (Å²) in [6.45, 7) is 3.26. The van der Waals surface area contributed by atoms with Gasteiger partial charge in [-0.3, -0.25) is 4.79 Å². The molecule has 0 radical (unpaired) electrons. The highest BCUT2D eigenvalue weighted by atomic mass is 31.2. The molecule has 2 rings (SSSR count). The third-order valence-corrected chi connectivity index (χ3v) is 5.77. The van der Waals surface area contributed by atoms with Gasteiger partial charge in [0.2, 0.25) is 0 Å². The molecule has 0 fully saturated rings. The van der Waals surface area contributed by atoms with Crippen LogP contribution < -0.4 is 10.6 Å². The van der Waals surface area contributed by atoms with Crippen LogP contribution in [0.25, 0.3) is 0 Å². The fourth-order valence-corrected chi connectivity index (χ4v) is 4.16. The maximum atomic E-state index is 13.1. The Morgan fingerprint density at radius 1 is 1.05 bits per heavy atom. The van der Waals surface area contributed by atoms with Crippen molar-refractivity contribution in [3.63, 3.8) is 0 Å². The van der Waals surface area contributed by atoms with Gasteiger partial charge in [-0.2, -0.15) is 0 Å². The molecule has 0 bridgehead atoms. The van der Waals surface area contributed by atoms with Gasteiger partial charge >= 0.3 is 5.97 Å². The molecular weight excluding hydrogens is 271 g/mol. The van der Waals surface area contributed by atoms with Crippen molar-refractivity contribution in [2.45, 2.75) is 13.5 Å².